The molecule has 2 radical (unpaired) electrons. The van der Waals surface area contributed by atoms with Gasteiger partial charge < -0.3 is 31.6 Å². The Bertz CT molecular complexity index is 106. The molecule has 0 saturated heterocycles. The third kappa shape index (κ3) is 121. The van der Waals surface area contributed by atoms with Crippen molar-refractivity contribution in [2.24, 2.45) is 0 Å². The normalized spacial score (nSPS) is 4.94. The second-order valence-corrected chi connectivity index (χ2v) is 1.20. The van der Waals surface area contributed by atoms with Gasteiger partial charge in [0.1, 0.15) is 0 Å². The van der Waals surface area contributed by atoms with E-state index in [1.54, 1.807) is 13.8 Å². The molecule has 0 atom stereocenters. The molecule has 0 unspecified atom stereocenters. The molecule has 0 aromatic heterocycles. The zero-order valence-corrected chi connectivity index (χ0v) is 15.6. The fraction of sp³-hybridized carbons (Fsp3) is 0.444. The smallest absolute Gasteiger partial charge is 0.169 e. The van der Waals surface area contributed by atoms with Crippen LogP contribution in [0.3, 0.4) is 0 Å². The summed E-state index contributed by atoms with van der Waals surface area (Å²) in [5.41, 5.74) is 0. The SMILES string of the molecule is C=CO[C-]=O.CCO.CCO[C-]=O.[CH3-].[Y].[Y]. The maximum Gasteiger partial charge on any atom is 0.169 e. The van der Waals surface area contributed by atoms with Crippen molar-refractivity contribution in [3.05, 3.63) is 20.3 Å². The van der Waals surface area contributed by atoms with Gasteiger partial charge in [0.25, 0.3) is 0 Å². The molecular formula is C9H17O5Y2-3. The third-order valence-corrected chi connectivity index (χ3v) is 0.335. The van der Waals surface area contributed by atoms with Gasteiger partial charge in [-0.15, -0.1) is 6.58 Å². The molecule has 0 aliphatic carbocycles. The van der Waals surface area contributed by atoms with E-state index in [0.29, 0.717) is 6.61 Å². The Balaban J connectivity index is -0.0000000220. The summed E-state index contributed by atoms with van der Waals surface area (Å²) in [5.74, 6) is 0. The van der Waals surface area contributed by atoms with Crippen molar-refractivity contribution in [1.82, 2.24) is 0 Å². The number of aliphatic hydroxyl groups excluding tert-OH is 1. The molecule has 0 saturated carbocycles. The Morgan fingerprint density at radius 3 is 1.62 bits per heavy atom. The molecule has 0 rings (SSSR count). The van der Waals surface area contributed by atoms with Crippen LogP contribution in [0.15, 0.2) is 12.8 Å². The fourth-order valence-electron chi connectivity index (χ4n) is 0.0929. The van der Waals surface area contributed by atoms with Gasteiger partial charge in [-0.05, 0) is 13.8 Å². The minimum Gasteiger partial charge on any atom is -0.653 e. The molecule has 16 heavy (non-hydrogen) atoms. The third-order valence-electron chi connectivity index (χ3n) is 0.335. The molecule has 5 nitrogen and oxygen atoms in total. The molecular weight excluding hydrogens is 366 g/mol. The van der Waals surface area contributed by atoms with Crippen LogP contribution in [0.25, 0.3) is 0 Å². The van der Waals surface area contributed by atoms with Crippen molar-refractivity contribution in [2.45, 2.75) is 13.8 Å². The monoisotopic (exact) mass is 383 g/mol. The quantitative estimate of drug-likeness (QED) is 0.573. The van der Waals surface area contributed by atoms with Crippen molar-refractivity contribution in [3.63, 3.8) is 0 Å². The fourth-order valence-corrected chi connectivity index (χ4v) is 0.0929. The average molecular weight is 383 g/mol. The van der Waals surface area contributed by atoms with Crippen LogP contribution in [0.4, 0.5) is 0 Å². The summed E-state index contributed by atoms with van der Waals surface area (Å²) in [6, 6.07) is 0. The van der Waals surface area contributed by atoms with E-state index in [9.17, 15) is 0 Å². The minimum absolute atomic E-state index is 0. The Hall–Kier alpha value is 0.848. The molecule has 0 aliphatic heterocycles. The summed E-state index contributed by atoms with van der Waals surface area (Å²) in [6.45, 7) is 9.56. The van der Waals surface area contributed by atoms with E-state index in [1.807, 2.05) is 0 Å². The Kier molecular flexibility index (Phi) is 127. The molecule has 1 N–H and O–H groups in total. The van der Waals surface area contributed by atoms with E-state index in [-0.39, 0.29) is 79.5 Å². The van der Waals surface area contributed by atoms with Gasteiger partial charge in [-0.1, -0.05) is 12.7 Å². The van der Waals surface area contributed by atoms with Crippen LogP contribution in [0.2, 0.25) is 0 Å². The van der Waals surface area contributed by atoms with Crippen molar-refractivity contribution >= 4 is 12.9 Å². The minimum atomic E-state index is 0. The molecule has 0 aliphatic rings. The summed E-state index contributed by atoms with van der Waals surface area (Å²) in [7, 11) is 0. The van der Waals surface area contributed by atoms with Crippen molar-refractivity contribution in [1.29, 1.82) is 0 Å². The van der Waals surface area contributed by atoms with Gasteiger partial charge in [0.05, 0.1) is 0 Å². The standard InChI is InChI=1S/C3H5O2.C3H3O2.C2H6O.CH3.2Y/c2*1-2-5-3-4;1-2-3;;;/h2H2,1H3;2H,1H2;3H,2H2,1H3;1H3;;/q2*-1;;-1;;. The molecule has 0 spiro atoms. The van der Waals surface area contributed by atoms with E-state index in [4.69, 9.17) is 14.7 Å². The molecule has 0 amide bonds. The summed E-state index contributed by atoms with van der Waals surface area (Å²) in [6.07, 6.45) is 1.01. The van der Waals surface area contributed by atoms with Gasteiger partial charge in [0, 0.05) is 78.6 Å². The van der Waals surface area contributed by atoms with E-state index >= 15 is 0 Å². The van der Waals surface area contributed by atoms with Crippen LogP contribution < -0.4 is 0 Å². The number of ether oxygens (including phenoxy) is 2. The predicted molar refractivity (Wildman–Crippen MR) is 53.5 cm³/mol. The average Bonchev–Trinajstić information content (AvgIpc) is 2.09. The maximum atomic E-state index is 9.06. The predicted octanol–water partition coefficient (Wildman–Crippen LogP) is 0.748. The Labute approximate surface area is 148 Å². The molecule has 7 heteroatoms. The van der Waals surface area contributed by atoms with E-state index in [1.165, 1.54) is 6.47 Å². The van der Waals surface area contributed by atoms with Crippen LogP contribution in [0.1, 0.15) is 13.8 Å². The Morgan fingerprint density at radius 2 is 1.62 bits per heavy atom. The summed E-state index contributed by atoms with van der Waals surface area (Å²) >= 11 is 0. The van der Waals surface area contributed by atoms with Crippen molar-refractivity contribution in [2.75, 3.05) is 13.2 Å². The largest absolute Gasteiger partial charge is 0.653 e. The van der Waals surface area contributed by atoms with Crippen LogP contribution in [0, 0.1) is 7.43 Å². The van der Waals surface area contributed by atoms with Gasteiger partial charge in [-0.3, -0.25) is 0 Å². The first-order valence-electron chi connectivity index (χ1n) is 3.48. The van der Waals surface area contributed by atoms with E-state index in [0.717, 1.165) is 12.7 Å². The molecule has 92 valence electrons. The van der Waals surface area contributed by atoms with Gasteiger partial charge in [0.2, 0.25) is 0 Å². The van der Waals surface area contributed by atoms with Gasteiger partial charge in [-0.25, -0.2) is 0 Å². The molecule has 0 aromatic carbocycles. The van der Waals surface area contributed by atoms with Crippen molar-refractivity contribution in [3.8, 4) is 0 Å². The zero-order chi connectivity index (χ0) is 10.9. The van der Waals surface area contributed by atoms with Crippen molar-refractivity contribution < 1.29 is 89.6 Å². The summed E-state index contributed by atoms with van der Waals surface area (Å²) in [4.78, 5) is 18.0. The maximum absolute atomic E-state index is 9.06. The number of rotatable bonds is 4. The topological polar surface area (TPSA) is 72.8 Å². The Morgan fingerprint density at radius 1 is 1.25 bits per heavy atom. The van der Waals surface area contributed by atoms with Gasteiger partial charge in [-0.2, -0.15) is 0 Å². The summed E-state index contributed by atoms with van der Waals surface area (Å²) < 4.78 is 7.82. The van der Waals surface area contributed by atoms with Gasteiger partial charge >= 0.3 is 0 Å². The van der Waals surface area contributed by atoms with Crippen LogP contribution in [-0.2, 0) is 84.5 Å². The van der Waals surface area contributed by atoms with E-state index < -0.39 is 0 Å². The molecule has 0 heterocycles. The first-order valence-corrected chi connectivity index (χ1v) is 3.48. The number of carbonyl (C=O) groups excluding carboxylic acids is 2. The van der Waals surface area contributed by atoms with Crippen LogP contribution in [0.5, 0.6) is 0 Å². The second-order valence-electron chi connectivity index (χ2n) is 1.20. The first-order chi connectivity index (χ1) is 6.24. The first kappa shape index (κ1) is 36.0. The molecule has 0 fully saturated rings. The summed E-state index contributed by atoms with van der Waals surface area (Å²) in [5, 5.41) is 7.57. The second kappa shape index (κ2) is 56.7. The van der Waals surface area contributed by atoms with Crippen LogP contribution in [-0.4, -0.2) is 31.3 Å². The molecule has 0 bridgehead atoms. The van der Waals surface area contributed by atoms with Gasteiger partial charge in [0.15, 0.2) is 6.47 Å². The molecule has 0 aromatic rings. The van der Waals surface area contributed by atoms with E-state index in [2.05, 4.69) is 16.1 Å². The number of aliphatic hydroxyl groups is 1. The number of hydrogen-bond donors (Lipinski definition) is 1. The van der Waals surface area contributed by atoms with Crippen LogP contribution >= 0.6 is 0 Å². The zero-order valence-electron chi connectivity index (χ0n) is 9.93. The number of hydrogen-bond acceptors (Lipinski definition) is 5.